The maximum atomic E-state index is 13.2. The summed E-state index contributed by atoms with van der Waals surface area (Å²) < 4.78 is 0. The van der Waals surface area contributed by atoms with Crippen LogP contribution in [0.1, 0.15) is 21.5 Å². The number of rotatable bonds is 0. The van der Waals surface area contributed by atoms with E-state index in [0.717, 1.165) is 57.5 Å². The SMILES string of the molecule is O=C1Nc2cccc(c2)-c2cccc(c2)CNCc2cncc(c2)-c2ccc3[nH]cc1c3c2. The summed E-state index contributed by atoms with van der Waals surface area (Å²) in [6.45, 7) is 1.48. The third kappa shape index (κ3) is 3.79. The van der Waals surface area contributed by atoms with E-state index in [1.807, 2.05) is 36.7 Å². The standard InChI is InChI=1S/C28H22N4O/c33-28-26-17-31-27-8-7-22(12-25(26)27)23-10-19(15-30-16-23)14-29-13-18-3-1-4-20(9-18)21-5-2-6-24(11-21)32-28/h1-12,15-17,29,31H,13-14H2,(H,32,33). The molecular weight excluding hydrogens is 408 g/mol. The van der Waals surface area contributed by atoms with E-state index >= 15 is 0 Å². The van der Waals surface area contributed by atoms with Gasteiger partial charge in [0.2, 0.25) is 0 Å². The number of nitrogens with zero attached hydrogens (tertiary/aromatic N) is 1. The van der Waals surface area contributed by atoms with Gasteiger partial charge in [0.05, 0.1) is 5.56 Å². The predicted molar refractivity (Wildman–Crippen MR) is 132 cm³/mol. The monoisotopic (exact) mass is 430 g/mol. The van der Waals surface area contributed by atoms with Crippen molar-refractivity contribution in [1.82, 2.24) is 15.3 Å². The summed E-state index contributed by atoms with van der Waals surface area (Å²) in [5.74, 6) is -0.138. The van der Waals surface area contributed by atoms with Crippen LogP contribution in [-0.2, 0) is 13.1 Å². The molecule has 0 aliphatic carbocycles. The van der Waals surface area contributed by atoms with Gasteiger partial charge in [-0.15, -0.1) is 0 Å². The molecule has 6 rings (SSSR count). The Balaban J connectivity index is 1.49. The number of carbonyl (C=O) groups excluding carboxylic acids is 1. The lowest BCUT2D eigenvalue weighted by atomic mass is 10.0. The second kappa shape index (κ2) is 8.04. The highest BCUT2D eigenvalue weighted by Gasteiger charge is 2.14. The summed E-state index contributed by atoms with van der Waals surface area (Å²) >= 11 is 0. The van der Waals surface area contributed by atoms with Crippen molar-refractivity contribution in [1.29, 1.82) is 0 Å². The van der Waals surface area contributed by atoms with Crippen LogP contribution in [0.15, 0.2) is 91.4 Å². The van der Waals surface area contributed by atoms with Crippen LogP contribution in [0.2, 0.25) is 0 Å². The summed E-state index contributed by atoms with van der Waals surface area (Å²) in [4.78, 5) is 20.9. The van der Waals surface area contributed by atoms with Gasteiger partial charge in [0.15, 0.2) is 0 Å². The van der Waals surface area contributed by atoms with E-state index in [9.17, 15) is 4.79 Å². The molecule has 0 unspecified atom stereocenters. The van der Waals surface area contributed by atoms with Crippen molar-refractivity contribution in [3.63, 3.8) is 0 Å². The normalized spacial score (nSPS) is 13.4. The average molecular weight is 431 g/mol. The molecule has 1 aliphatic heterocycles. The van der Waals surface area contributed by atoms with E-state index in [0.29, 0.717) is 5.56 Å². The van der Waals surface area contributed by atoms with Crippen LogP contribution in [0.5, 0.6) is 0 Å². The van der Waals surface area contributed by atoms with Gasteiger partial charge in [-0.25, -0.2) is 0 Å². The molecule has 160 valence electrons. The fraction of sp³-hybridized carbons (Fsp3) is 0.0714. The van der Waals surface area contributed by atoms with Gasteiger partial charge in [0.25, 0.3) is 5.91 Å². The van der Waals surface area contributed by atoms with Crippen molar-refractivity contribution in [3.05, 3.63) is 108 Å². The summed E-state index contributed by atoms with van der Waals surface area (Å²) in [6.07, 6.45) is 5.53. The van der Waals surface area contributed by atoms with E-state index in [1.54, 1.807) is 6.20 Å². The number of nitrogens with one attached hydrogen (secondary N) is 3. The van der Waals surface area contributed by atoms with Crippen molar-refractivity contribution >= 4 is 22.5 Å². The molecule has 5 heteroatoms. The number of hydrogen-bond donors (Lipinski definition) is 3. The Morgan fingerprint density at radius 1 is 0.727 bits per heavy atom. The zero-order valence-electron chi connectivity index (χ0n) is 17.9. The molecule has 0 saturated heterocycles. The molecular formula is C28H22N4O. The van der Waals surface area contributed by atoms with Crippen LogP contribution in [0, 0.1) is 0 Å². The molecule has 1 amide bonds. The van der Waals surface area contributed by atoms with E-state index in [4.69, 9.17) is 0 Å². The zero-order chi connectivity index (χ0) is 22.2. The number of amides is 1. The highest BCUT2D eigenvalue weighted by Crippen LogP contribution is 2.28. The Morgan fingerprint density at radius 2 is 1.52 bits per heavy atom. The average Bonchev–Trinajstić information content (AvgIpc) is 3.28. The Labute approximate surface area is 191 Å². The maximum absolute atomic E-state index is 13.2. The van der Waals surface area contributed by atoms with Gasteiger partial charge in [-0.1, -0.05) is 36.4 Å². The van der Waals surface area contributed by atoms with Crippen molar-refractivity contribution in [2.24, 2.45) is 0 Å². The number of pyridine rings is 1. The molecule has 0 spiro atoms. The molecule has 3 N–H and O–H groups in total. The molecule has 8 bridgehead atoms. The fourth-order valence-corrected chi connectivity index (χ4v) is 4.42. The molecule has 0 atom stereocenters. The predicted octanol–water partition coefficient (Wildman–Crippen LogP) is 5.75. The lowest BCUT2D eigenvalue weighted by molar-refractivity contribution is 0.102. The van der Waals surface area contributed by atoms with Gasteiger partial charge in [-0.05, 0) is 64.2 Å². The first-order valence-electron chi connectivity index (χ1n) is 11.0. The summed E-state index contributed by atoms with van der Waals surface area (Å²) in [6, 6.07) is 24.7. The highest BCUT2D eigenvalue weighted by molar-refractivity contribution is 6.13. The van der Waals surface area contributed by atoms with Gasteiger partial charge >= 0.3 is 0 Å². The lowest BCUT2D eigenvalue weighted by Gasteiger charge is -2.11. The first kappa shape index (κ1) is 19.5. The third-order valence-corrected chi connectivity index (χ3v) is 6.09. The Hall–Kier alpha value is -4.22. The minimum Gasteiger partial charge on any atom is -0.360 e. The second-order valence-corrected chi connectivity index (χ2v) is 8.38. The van der Waals surface area contributed by atoms with Crippen LogP contribution < -0.4 is 10.6 Å². The number of aromatic amines is 1. The third-order valence-electron chi connectivity index (χ3n) is 6.09. The van der Waals surface area contributed by atoms with Crippen molar-refractivity contribution < 1.29 is 4.79 Å². The topological polar surface area (TPSA) is 69.8 Å². The smallest absolute Gasteiger partial charge is 0.257 e. The zero-order valence-corrected chi connectivity index (χ0v) is 17.9. The maximum Gasteiger partial charge on any atom is 0.257 e. The summed E-state index contributed by atoms with van der Waals surface area (Å²) in [7, 11) is 0. The number of benzene rings is 3. The Bertz CT molecular complexity index is 1500. The molecule has 1 aliphatic rings. The fourth-order valence-electron chi connectivity index (χ4n) is 4.42. The van der Waals surface area contributed by atoms with Gasteiger partial charge < -0.3 is 15.6 Å². The van der Waals surface area contributed by atoms with Crippen LogP contribution in [-0.4, -0.2) is 15.9 Å². The van der Waals surface area contributed by atoms with Crippen LogP contribution in [0.4, 0.5) is 5.69 Å². The Morgan fingerprint density at radius 3 is 2.45 bits per heavy atom. The number of hydrogen-bond acceptors (Lipinski definition) is 3. The number of aromatic nitrogens is 2. The number of fused-ring (bicyclic) bond motifs is 9. The van der Waals surface area contributed by atoms with Gasteiger partial charge in [-0.3, -0.25) is 9.78 Å². The molecule has 0 fully saturated rings. The van der Waals surface area contributed by atoms with Crippen molar-refractivity contribution in [2.45, 2.75) is 13.1 Å². The molecule has 3 heterocycles. The van der Waals surface area contributed by atoms with Crippen molar-refractivity contribution in [3.8, 4) is 22.3 Å². The van der Waals surface area contributed by atoms with Crippen molar-refractivity contribution in [2.75, 3.05) is 5.32 Å². The van der Waals surface area contributed by atoms with Crippen LogP contribution in [0.25, 0.3) is 33.2 Å². The summed E-state index contributed by atoms with van der Waals surface area (Å²) in [5.41, 5.74) is 8.87. The number of H-pyrrole nitrogens is 1. The van der Waals surface area contributed by atoms with Gasteiger partial charge in [0.1, 0.15) is 0 Å². The second-order valence-electron chi connectivity index (χ2n) is 8.38. The molecule has 2 aromatic heterocycles. The molecule has 5 aromatic rings. The van der Waals surface area contributed by atoms with Crippen LogP contribution in [0.3, 0.4) is 0 Å². The minimum absolute atomic E-state index is 0.138. The van der Waals surface area contributed by atoms with E-state index in [-0.39, 0.29) is 5.91 Å². The molecule has 5 nitrogen and oxygen atoms in total. The van der Waals surface area contributed by atoms with Crippen LogP contribution >= 0.6 is 0 Å². The Kier molecular flexibility index (Phi) is 4.74. The summed E-state index contributed by atoms with van der Waals surface area (Å²) in [5, 5.41) is 7.49. The number of carbonyl (C=O) groups is 1. The molecule has 0 radical (unpaired) electrons. The van der Waals surface area contributed by atoms with E-state index < -0.39 is 0 Å². The minimum atomic E-state index is -0.138. The highest BCUT2D eigenvalue weighted by atomic mass is 16.1. The first-order valence-corrected chi connectivity index (χ1v) is 11.0. The molecule has 3 aromatic carbocycles. The number of anilines is 1. The quantitative estimate of drug-likeness (QED) is 0.293. The van der Waals surface area contributed by atoms with E-state index in [1.165, 1.54) is 5.56 Å². The molecule has 0 saturated carbocycles. The van der Waals surface area contributed by atoms with Gasteiger partial charge in [0, 0.05) is 53.8 Å². The van der Waals surface area contributed by atoms with Gasteiger partial charge in [-0.2, -0.15) is 0 Å². The lowest BCUT2D eigenvalue weighted by Crippen LogP contribution is -2.13. The van der Waals surface area contributed by atoms with E-state index in [2.05, 4.69) is 69.1 Å². The first-order chi connectivity index (χ1) is 16.2. The molecule has 33 heavy (non-hydrogen) atoms. The largest absolute Gasteiger partial charge is 0.360 e.